The summed E-state index contributed by atoms with van der Waals surface area (Å²) in [4.78, 5) is 27.4. The van der Waals surface area contributed by atoms with Gasteiger partial charge in [0.2, 0.25) is 5.89 Å². The fourth-order valence-corrected chi connectivity index (χ4v) is 3.86. The average Bonchev–Trinajstić information content (AvgIpc) is 3.46. The van der Waals surface area contributed by atoms with Gasteiger partial charge in [-0.15, -0.1) is 0 Å². The number of carbonyl (C=O) groups is 1. The highest BCUT2D eigenvalue weighted by molar-refractivity contribution is 6.02. The van der Waals surface area contributed by atoms with E-state index in [0.29, 0.717) is 35.9 Å². The average molecular weight is 464 g/mol. The minimum Gasteiger partial charge on any atom is -0.442 e. The van der Waals surface area contributed by atoms with Crippen LogP contribution in [0.15, 0.2) is 59.6 Å². The topological polar surface area (TPSA) is 89.1 Å². The van der Waals surface area contributed by atoms with Crippen LogP contribution in [-0.2, 0) is 0 Å². The van der Waals surface area contributed by atoms with Crippen LogP contribution in [0.1, 0.15) is 46.0 Å². The lowest BCUT2D eigenvalue weighted by molar-refractivity contribution is 0.102. The number of nitrogens with zero attached hydrogens (tertiary/aromatic N) is 5. The van der Waals surface area contributed by atoms with Crippen LogP contribution in [0.25, 0.3) is 22.8 Å². The first-order valence-electron chi connectivity index (χ1n) is 12.4. The Morgan fingerprint density at radius 1 is 1.21 bits per heavy atom. The van der Waals surface area contributed by atoms with Crippen molar-refractivity contribution in [2.45, 2.75) is 25.8 Å². The van der Waals surface area contributed by atoms with Crippen LogP contribution < -0.4 is 5.32 Å². The van der Waals surface area contributed by atoms with Crippen molar-refractivity contribution in [2.24, 2.45) is 0 Å². The van der Waals surface area contributed by atoms with Gasteiger partial charge in [-0.3, -0.25) is 4.79 Å². The minimum absolute atomic E-state index is 0.0334. The van der Waals surface area contributed by atoms with Gasteiger partial charge in [-0.2, -0.15) is 0 Å². The number of carbonyl (C=O) groups excluding carboxylic acids is 1. The van der Waals surface area contributed by atoms with Crippen LogP contribution in [-0.4, -0.2) is 50.4 Å². The van der Waals surface area contributed by atoms with Gasteiger partial charge in [0.05, 0.1) is 6.33 Å². The molecule has 0 unspecified atom stereocenters. The lowest BCUT2D eigenvalue weighted by Gasteiger charge is -2.36. The summed E-state index contributed by atoms with van der Waals surface area (Å²) in [5.74, 6) is -0.203. The minimum atomic E-state index is -2.08. The molecule has 1 fully saturated rings. The van der Waals surface area contributed by atoms with Crippen molar-refractivity contribution in [3.8, 4) is 22.8 Å². The Kier molecular flexibility index (Phi) is 4.82. The second-order valence-corrected chi connectivity index (χ2v) is 8.52. The van der Waals surface area contributed by atoms with E-state index in [2.05, 4.69) is 20.3 Å². The van der Waals surface area contributed by atoms with Gasteiger partial charge in [-0.1, -0.05) is 6.07 Å². The Hall–Kier alpha value is -3.85. The molecule has 1 N–H and O–H groups in total. The van der Waals surface area contributed by atoms with Crippen molar-refractivity contribution in [3.05, 3.63) is 72.3 Å². The third-order valence-corrected chi connectivity index (χ3v) is 5.79. The van der Waals surface area contributed by atoms with E-state index in [1.165, 1.54) is 23.3 Å². The van der Waals surface area contributed by atoms with Crippen molar-refractivity contribution in [2.75, 3.05) is 25.4 Å². The van der Waals surface area contributed by atoms with Crippen LogP contribution in [0, 0.1) is 5.82 Å². The van der Waals surface area contributed by atoms with Gasteiger partial charge >= 0.3 is 0 Å². The number of imidazole rings is 1. The third-order valence-electron chi connectivity index (χ3n) is 5.79. The number of oxazole rings is 1. The zero-order valence-electron chi connectivity index (χ0n) is 21.7. The lowest BCUT2D eigenvalue weighted by Crippen LogP contribution is -2.41. The van der Waals surface area contributed by atoms with Gasteiger partial charge < -0.3 is 19.2 Å². The molecule has 5 rings (SSSR count). The number of likely N-dealkylation sites (tertiary alicyclic amines) is 1. The van der Waals surface area contributed by atoms with Crippen molar-refractivity contribution < 1.29 is 17.7 Å². The molecule has 1 aromatic carbocycles. The number of pyridine rings is 1. The Labute approximate surface area is 200 Å². The molecule has 0 aliphatic carbocycles. The Balaban J connectivity index is 1.32. The fourth-order valence-electron chi connectivity index (χ4n) is 3.86. The van der Waals surface area contributed by atoms with Gasteiger partial charge in [0, 0.05) is 40.9 Å². The molecule has 34 heavy (non-hydrogen) atoms. The van der Waals surface area contributed by atoms with Crippen molar-refractivity contribution in [1.29, 1.82) is 0 Å². The van der Waals surface area contributed by atoms with Gasteiger partial charge in [-0.25, -0.2) is 19.3 Å². The predicted molar refractivity (Wildman–Crippen MR) is 126 cm³/mol. The smallest absolute Gasteiger partial charge is 0.278 e. The SMILES string of the molecule is [2H]C([2H])([2H])N1CC(c2ccc(NC(=O)c3coc(-c4c(-c5ccc(F)cc5)ncn4C(C)C)n3)nc2)C1. The number of hydrogen-bond donors (Lipinski definition) is 1. The summed E-state index contributed by atoms with van der Waals surface area (Å²) in [5.41, 5.74) is 2.81. The number of halogens is 1. The summed E-state index contributed by atoms with van der Waals surface area (Å²) in [7, 11) is 0. The largest absolute Gasteiger partial charge is 0.442 e. The highest BCUT2D eigenvalue weighted by Crippen LogP contribution is 2.33. The highest BCUT2D eigenvalue weighted by Gasteiger charge is 2.25. The number of likely N-dealkylation sites (N-methyl/N-ethyl adjacent to an activating group) is 1. The van der Waals surface area contributed by atoms with E-state index in [4.69, 9.17) is 8.53 Å². The molecule has 1 aliphatic heterocycles. The number of benzene rings is 1. The molecule has 0 bridgehead atoms. The normalized spacial score (nSPS) is 16.1. The van der Waals surface area contributed by atoms with E-state index in [9.17, 15) is 9.18 Å². The fraction of sp³-hybridized carbons (Fsp3) is 0.280. The number of amides is 1. The van der Waals surface area contributed by atoms with E-state index in [1.54, 1.807) is 30.7 Å². The molecule has 0 radical (unpaired) electrons. The van der Waals surface area contributed by atoms with Gasteiger partial charge in [0.15, 0.2) is 5.69 Å². The number of hydrogen-bond acceptors (Lipinski definition) is 6. The molecule has 8 nitrogen and oxygen atoms in total. The molecule has 0 atom stereocenters. The Morgan fingerprint density at radius 3 is 2.68 bits per heavy atom. The van der Waals surface area contributed by atoms with Crippen LogP contribution in [0.2, 0.25) is 0 Å². The van der Waals surface area contributed by atoms with E-state index in [0.717, 1.165) is 5.56 Å². The van der Waals surface area contributed by atoms with Crippen LogP contribution in [0.5, 0.6) is 0 Å². The lowest BCUT2D eigenvalue weighted by atomic mass is 9.93. The molecule has 3 aromatic heterocycles. The third kappa shape index (κ3) is 4.22. The zero-order chi connectivity index (χ0) is 26.3. The first-order valence-corrected chi connectivity index (χ1v) is 10.9. The maximum Gasteiger partial charge on any atom is 0.278 e. The first-order chi connectivity index (χ1) is 17.6. The quantitative estimate of drug-likeness (QED) is 0.450. The van der Waals surface area contributed by atoms with Gasteiger partial charge in [-0.05, 0) is 56.7 Å². The van der Waals surface area contributed by atoms with Gasteiger partial charge in [0.25, 0.3) is 5.91 Å². The number of rotatable bonds is 6. The first kappa shape index (κ1) is 18.6. The van der Waals surface area contributed by atoms with Crippen LogP contribution in [0.3, 0.4) is 0 Å². The molecular weight excluding hydrogens is 435 g/mol. The van der Waals surface area contributed by atoms with Crippen molar-refractivity contribution in [3.63, 3.8) is 0 Å². The molecule has 1 aliphatic rings. The summed E-state index contributed by atoms with van der Waals surface area (Å²) < 4.78 is 43.3. The van der Waals surface area contributed by atoms with Crippen LogP contribution in [0.4, 0.5) is 10.2 Å². The molecule has 174 valence electrons. The Bertz CT molecular complexity index is 1410. The van der Waals surface area contributed by atoms with Crippen molar-refractivity contribution >= 4 is 11.7 Å². The maximum atomic E-state index is 13.4. The van der Waals surface area contributed by atoms with Crippen LogP contribution >= 0.6 is 0 Å². The number of anilines is 1. The monoisotopic (exact) mass is 463 g/mol. The summed E-state index contributed by atoms with van der Waals surface area (Å²) >= 11 is 0. The zero-order valence-corrected chi connectivity index (χ0v) is 18.7. The van der Waals surface area contributed by atoms with Crippen molar-refractivity contribution in [1.82, 2.24) is 24.4 Å². The second kappa shape index (κ2) is 8.83. The van der Waals surface area contributed by atoms with E-state index < -0.39 is 12.9 Å². The summed E-state index contributed by atoms with van der Waals surface area (Å²) in [6.07, 6.45) is 4.57. The van der Waals surface area contributed by atoms with E-state index >= 15 is 0 Å². The highest BCUT2D eigenvalue weighted by atomic mass is 19.1. The van der Waals surface area contributed by atoms with Gasteiger partial charge in [0.1, 0.15) is 29.3 Å². The standard InChI is InChI=1S/C25H25FN6O2/c1-15(2)32-14-28-22(16-4-7-19(26)8-5-16)23(32)25-29-20(13-34-25)24(33)30-21-9-6-17(10-27-21)18-11-31(3)12-18/h4-10,13-15,18H,11-12H2,1-3H3,(H,27,30,33)/i3D3. The Morgan fingerprint density at radius 2 is 2.00 bits per heavy atom. The molecule has 4 aromatic rings. The number of aromatic nitrogens is 4. The molecule has 1 amide bonds. The summed E-state index contributed by atoms with van der Waals surface area (Å²) in [6, 6.07) is 9.50. The maximum absolute atomic E-state index is 13.4. The molecular formula is C25H25FN6O2. The van der Waals surface area contributed by atoms with E-state index in [1.807, 2.05) is 24.5 Å². The summed E-state index contributed by atoms with van der Waals surface area (Å²) in [5, 5.41) is 2.70. The molecule has 9 heteroatoms. The second-order valence-electron chi connectivity index (χ2n) is 8.52. The molecule has 4 heterocycles. The molecule has 0 spiro atoms. The summed E-state index contributed by atoms with van der Waals surface area (Å²) in [6.45, 7) is 2.77. The molecule has 0 saturated carbocycles. The molecule has 1 saturated heterocycles. The van der Waals surface area contributed by atoms with E-state index in [-0.39, 0.29) is 29.4 Å². The predicted octanol–water partition coefficient (Wildman–Crippen LogP) is 4.60. The number of nitrogens with one attached hydrogen (secondary N) is 1.